The molecule has 5 rings (SSSR count). The Balaban J connectivity index is 1.22. The first-order valence-corrected chi connectivity index (χ1v) is 12.1. The van der Waals surface area contributed by atoms with E-state index in [4.69, 9.17) is 26.1 Å². The Kier molecular flexibility index (Phi) is 6.29. The van der Waals surface area contributed by atoms with E-state index in [-0.39, 0.29) is 29.9 Å². The number of amides is 1. The maximum Gasteiger partial charge on any atom is 0.296 e. The van der Waals surface area contributed by atoms with Crippen LogP contribution in [0.3, 0.4) is 0 Å². The van der Waals surface area contributed by atoms with Crippen molar-refractivity contribution in [3.63, 3.8) is 0 Å². The van der Waals surface area contributed by atoms with Gasteiger partial charge in [-0.3, -0.25) is 4.79 Å². The number of hydrogen-bond acceptors (Lipinski definition) is 6. The molecular weight excluding hydrogens is 442 g/mol. The number of H-pyrrole nitrogens is 1. The zero-order valence-corrected chi connectivity index (χ0v) is 19.8. The van der Waals surface area contributed by atoms with E-state index in [2.05, 4.69) is 38.4 Å². The predicted molar refractivity (Wildman–Crippen MR) is 126 cm³/mol. The molecule has 8 nitrogen and oxygen atoms in total. The number of nitrogens with zero attached hydrogens (tertiary/aromatic N) is 3. The summed E-state index contributed by atoms with van der Waals surface area (Å²) in [5.41, 5.74) is 3.43. The van der Waals surface area contributed by atoms with Crippen LogP contribution in [0, 0.1) is 5.92 Å². The van der Waals surface area contributed by atoms with Gasteiger partial charge in [0, 0.05) is 49.5 Å². The SMILES string of the molecule is CC(C)C(=O)NC1CC(Oc2nc3nc(C4C=CC(N5CCOCC5)=CC4)c(Cl)cc3[nH]2)C1. The second-order valence-corrected chi connectivity index (χ2v) is 9.68. The second kappa shape index (κ2) is 9.35. The van der Waals surface area contributed by atoms with Crippen molar-refractivity contribution in [2.45, 2.75) is 51.2 Å². The van der Waals surface area contributed by atoms with Crippen molar-refractivity contribution >= 4 is 28.7 Å². The lowest BCUT2D eigenvalue weighted by atomic mass is 9.89. The van der Waals surface area contributed by atoms with Crippen LogP contribution in [-0.4, -0.2) is 64.2 Å². The first-order chi connectivity index (χ1) is 16.0. The number of halogens is 1. The minimum Gasteiger partial charge on any atom is -0.461 e. The van der Waals surface area contributed by atoms with Gasteiger partial charge in [-0.25, -0.2) is 4.98 Å². The number of imidazole rings is 1. The van der Waals surface area contributed by atoms with Gasteiger partial charge in [0.15, 0.2) is 5.65 Å². The summed E-state index contributed by atoms with van der Waals surface area (Å²) >= 11 is 6.60. The van der Waals surface area contributed by atoms with Crippen molar-refractivity contribution in [2.75, 3.05) is 26.3 Å². The van der Waals surface area contributed by atoms with Gasteiger partial charge in [-0.1, -0.05) is 37.6 Å². The molecular formula is C24H30ClN5O3. The predicted octanol–water partition coefficient (Wildman–Crippen LogP) is 3.55. The molecule has 3 heterocycles. The molecule has 2 fully saturated rings. The van der Waals surface area contributed by atoms with E-state index in [1.165, 1.54) is 5.70 Å². The van der Waals surface area contributed by atoms with Gasteiger partial charge < -0.3 is 24.7 Å². The lowest BCUT2D eigenvalue weighted by molar-refractivity contribution is -0.125. The van der Waals surface area contributed by atoms with E-state index < -0.39 is 0 Å². The lowest BCUT2D eigenvalue weighted by Crippen LogP contribution is -2.50. The number of ether oxygens (including phenoxy) is 2. The van der Waals surface area contributed by atoms with Crippen LogP contribution in [0.15, 0.2) is 30.0 Å². The van der Waals surface area contributed by atoms with Gasteiger partial charge in [-0.05, 0) is 18.6 Å². The lowest BCUT2D eigenvalue weighted by Gasteiger charge is -2.35. The quantitative estimate of drug-likeness (QED) is 0.669. The maximum atomic E-state index is 11.8. The van der Waals surface area contributed by atoms with Crippen LogP contribution in [-0.2, 0) is 9.53 Å². The number of carbonyl (C=O) groups is 1. The van der Waals surface area contributed by atoms with Gasteiger partial charge in [-0.15, -0.1) is 0 Å². The maximum absolute atomic E-state index is 11.8. The molecule has 1 atom stereocenters. The van der Waals surface area contributed by atoms with Crippen molar-refractivity contribution in [3.05, 3.63) is 40.7 Å². The highest BCUT2D eigenvalue weighted by Crippen LogP contribution is 2.34. The molecule has 2 aromatic rings. The van der Waals surface area contributed by atoms with E-state index in [1.807, 2.05) is 19.9 Å². The summed E-state index contributed by atoms with van der Waals surface area (Å²) in [7, 11) is 0. The third-order valence-corrected chi connectivity index (χ3v) is 6.79. The Labute approximate surface area is 198 Å². The molecule has 33 heavy (non-hydrogen) atoms. The normalized spacial score (nSPS) is 25.2. The topological polar surface area (TPSA) is 92.4 Å². The van der Waals surface area contributed by atoms with Crippen LogP contribution in [0.5, 0.6) is 6.01 Å². The number of nitrogens with one attached hydrogen (secondary N) is 2. The molecule has 0 spiro atoms. The van der Waals surface area contributed by atoms with Crippen molar-refractivity contribution < 1.29 is 14.3 Å². The van der Waals surface area contributed by atoms with Crippen molar-refractivity contribution in [1.29, 1.82) is 0 Å². The molecule has 2 N–H and O–H groups in total. The van der Waals surface area contributed by atoms with Gasteiger partial charge in [0.05, 0.1) is 29.4 Å². The van der Waals surface area contributed by atoms with Gasteiger partial charge in [-0.2, -0.15) is 4.98 Å². The number of allylic oxidation sites excluding steroid dienone is 3. The number of fused-ring (bicyclic) bond motifs is 1. The fourth-order valence-electron chi connectivity index (χ4n) is 4.40. The molecule has 176 valence electrons. The van der Waals surface area contributed by atoms with Gasteiger partial charge in [0.1, 0.15) is 6.10 Å². The van der Waals surface area contributed by atoms with Crippen LogP contribution in [0.1, 0.15) is 44.7 Å². The highest BCUT2D eigenvalue weighted by atomic mass is 35.5. The molecule has 0 aromatic carbocycles. The molecule has 2 aromatic heterocycles. The Morgan fingerprint density at radius 1 is 1.30 bits per heavy atom. The summed E-state index contributed by atoms with van der Waals surface area (Å²) in [5, 5.41) is 3.65. The number of hydrogen-bond donors (Lipinski definition) is 2. The zero-order valence-electron chi connectivity index (χ0n) is 19.0. The Hall–Kier alpha value is -2.58. The third kappa shape index (κ3) is 4.87. The number of aromatic amines is 1. The van der Waals surface area contributed by atoms with Gasteiger partial charge >= 0.3 is 0 Å². The van der Waals surface area contributed by atoms with Crippen molar-refractivity contribution in [2.24, 2.45) is 5.92 Å². The van der Waals surface area contributed by atoms with E-state index >= 15 is 0 Å². The summed E-state index contributed by atoms with van der Waals surface area (Å²) in [5.74, 6) is 0.188. The van der Waals surface area contributed by atoms with E-state index in [1.54, 1.807) is 0 Å². The van der Waals surface area contributed by atoms with Gasteiger partial charge in [0.25, 0.3) is 6.01 Å². The van der Waals surface area contributed by atoms with Crippen LogP contribution in [0.25, 0.3) is 11.2 Å². The number of rotatable bonds is 6. The van der Waals surface area contributed by atoms with Crippen molar-refractivity contribution in [3.8, 4) is 6.01 Å². The fraction of sp³-hybridized carbons (Fsp3) is 0.542. The monoisotopic (exact) mass is 471 g/mol. The number of morpholine rings is 1. The fourth-order valence-corrected chi connectivity index (χ4v) is 4.69. The third-order valence-electron chi connectivity index (χ3n) is 6.48. The molecule has 1 saturated carbocycles. The molecule has 0 bridgehead atoms. The highest BCUT2D eigenvalue weighted by molar-refractivity contribution is 6.31. The van der Waals surface area contributed by atoms with E-state index in [9.17, 15) is 4.79 Å². The summed E-state index contributed by atoms with van der Waals surface area (Å²) in [6.07, 6.45) is 9.02. The Morgan fingerprint density at radius 2 is 2.09 bits per heavy atom. The molecule has 1 amide bonds. The van der Waals surface area contributed by atoms with E-state index in [0.29, 0.717) is 16.7 Å². The summed E-state index contributed by atoms with van der Waals surface area (Å²) < 4.78 is 11.4. The van der Waals surface area contributed by atoms with Crippen LogP contribution >= 0.6 is 11.6 Å². The molecule has 9 heteroatoms. The summed E-state index contributed by atoms with van der Waals surface area (Å²) in [6.45, 7) is 7.18. The van der Waals surface area contributed by atoms with Crippen LogP contribution in [0.4, 0.5) is 0 Å². The number of carbonyl (C=O) groups excluding carboxylic acids is 1. The Morgan fingerprint density at radius 3 is 2.79 bits per heavy atom. The summed E-state index contributed by atoms with van der Waals surface area (Å²) in [6, 6.07) is 2.49. The first-order valence-electron chi connectivity index (χ1n) is 11.7. The minimum absolute atomic E-state index is 0.00850. The highest BCUT2D eigenvalue weighted by Gasteiger charge is 2.33. The van der Waals surface area contributed by atoms with Crippen LogP contribution < -0.4 is 10.1 Å². The minimum atomic E-state index is -0.00850. The summed E-state index contributed by atoms with van der Waals surface area (Å²) in [4.78, 5) is 26.6. The first kappa shape index (κ1) is 22.2. The molecule has 1 aliphatic heterocycles. The molecule has 0 radical (unpaired) electrons. The number of pyridine rings is 1. The Bertz CT molecular complexity index is 1080. The average molecular weight is 472 g/mol. The van der Waals surface area contributed by atoms with Crippen LogP contribution in [0.2, 0.25) is 5.02 Å². The van der Waals surface area contributed by atoms with Gasteiger partial charge in [0.2, 0.25) is 5.91 Å². The zero-order chi connectivity index (χ0) is 22.9. The molecule has 2 aliphatic carbocycles. The second-order valence-electron chi connectivity index (χ2n) is 9.27. The molecule has 1 unspecified atom stereocenters. The molecule has 3 aliphatic rings. The standard InChI is InChI=1S/C24H30ClN5O3/c1-14(2)23(31)26-16-11-18(12-16)33-24-27-20-13-19(25)21(28-22(20)29-24)15-3-5-17(6-4-15)30-7-9-32-10-8-30/h3,5-6,13-16,18H,4,7-12H2,1-2H3,(H,26,31)(H,27,28,29). The molecule has 1 saturated heterocycles. The van der Waals surface area contributed by atoms with E-state index in [0.717, 1.165) is 56.8 Å². The average Bonchev–Trinajstić information content (AvgIpc) is 3.18. The smallest absolute Gasteiger partial charge is 0.296 e. The largest absolute Gasteiger partial charge is 0.461 e. The van der Waals surface area contributed by atoms with Crippen molar-refractivity contribution in [1.82, 2.24) is 25.2 Å². The number of aromatic nitrogens is 3.